The predicted octanol–water partition coefficient (Wildman–Crippen LogP) is 1.85. The minimum Gasteiger partial charge on any atom is -0.318 e. The SMILES string of the molecule is CNC[C@@H]1CCCN1S(=O)(=O)Cc1ccccc1Cl. The Balaban J connectivity index is 2.16. The van der Waals surface area contributed by atoms with Gasteiger partial charge in [0.05, 0.1) is 5.75 Å². The molecule has 1 aromatic rings. The smallest absolute Gasteiger partial charge is 0.218 e. The van der Waals surface area contributed by atoms with E-state index >= 15 is 0 Å². The maximum atomic E-state index is 12.5. The van der Waals surface area contributed by atoms with Crippen LogP contribution in [-0.2, 0) is 15.8 Å². The van der Waals surface area contributed by atoms with Gasteiger partial charge in [-0.05, 0) is 31.5 Å². The lowest BCUT2D eigenvalue weighted by atomic mass is 10.2. The van der Waals surface area contributed by atoms with Crippen molar-refractivity contribution >= 4 is 21.6 Å². The van der Waals surface area contributed by atoms with Crippen LogP contribution in [-0.4, -0.2) is 38.9 Å². The molecule has 0 spiro atoms. The summed E-state index contributed by atoms with van der Waals surface area (Å²) in [5.41, 5.74) is 0.666. The van der Waals surface area contributed by atoms with E-state index in [0.717, 1.165) is 12.8 Å². The third-order valence-corrected chi connectivity index (χ3v) is 5.66. The Morgan fingerprint density at radius 3 is 2.84 bits per heavy atom. The van der Waals surface area contributed by atoms with Gasteiger partial charge in [0, 0.05) is 24.2 Å². The Morgan fingerprint density at radius 2 is 2.16 bits per heavy atom. The van der Waals surface area contributed by atoms with E-state index in [1.165, 1.54) is 0 Å². The summed E-state index contributed by atoms with van der Waals surface area (Å²) in [6.45, 7) is 1.31. The van der Waals surface area contributed by atoms with Crippen LogP contribution in [0.25, 0.3) is 0 Å². The molecule has 19 heavy (non-hydrogen) atoms. The molecule has 0 aliphatic carbocycles. The van der Waals surface area contributed by atoms with E-state index < -0.39 is 10.0 Å². The van der Waals surface area contributed by atoms with E-state index in [2.05, 4.69) is 5.32 Å². The lowest BCUT2D eigenvalue weighted by molar-refractivity contribution is 0.378. The topological polar surface area (TPSA) is 49.4 Å². The lowest BCUT2D eigenvalue weighted by Gasteiger charge is -2.24. The minimum atomic E-state index is -3.30. The fraction of sp³-hybridized carbons (Fsp3) is 0.538. The van der Waals surface area contributed by atoms with Gasteiger partial charge < -0.3 is 5.32 Å². The van der Waals surface area contributed by atoms with Crippen molar-refractivity contribution in [2.24, 2.45) is 0 Å². The molecule has 1 aromatic carbocycles. The zero-order valence-corrected chi connectivity index (χ0v) is 12.5. The van der Waals surface area contributed by atoms with E-state index in [0.29, 0.717) is 23.7 Å². The number of rotatable bonds is 5. The van der Waals surface area contributed by atoms with Crippen molar-refractivity contribution in [1.82, 2.24) is 9.62 Å². The van der Waals surface area contributed by atoms with Gasteiger partial charge in [-0.3, -0.25) is 0 Å². The number of hydrogen-bond acceptors (Lipinski definition) is 3. The highest BCUT2D eigenvalue weighted by Gasteiger charge is 2.33. The maximum absolute atomic E-state index is 12.5. The molecule has 0 bridgehead atoms. The van der Waals surface area contributed by atoms with Crippen molar-refractivity contribution in [3.05, 3.63) is 34.9 Å². The first-order chi connectivity index (χ1) is 9.04. The summed E-state index contributed by atoms with van der Waals surface area (Å²) in [6.07, 6.45) is 1.84. The van der Waals surface area contributed by atoms with Crippen LogP contribution >= 0.6 is 11.6 Å². The highest BCUT2D eigenvalue weighted by atomic mass is 35.5. The van der Waals surface area contributed by atoms with Gasteiger partial charge >= 0.3 is 0 Å². The Hall–Kier alpha value is -0.620. The number of nitrogens with zero attached hydrogens (tertiary/aromatic N) is 1. The summed E-state index contributed by atoms with van der Waals surface area (Å²) in [5.74, 6) is -0.0209. The molecule has 106 valence electrons. The van der Waals surface area contributed by atoms with Crippen molar-refractivity contribution < 1.29 is 8.42 Å². The van der Waals surface area contributed by atoms with E-state index in [1.54, 1.807) is 22.5 Å². The molecule has 1 atom stereocenters. The molecule has 1 aliphatic rings. The normalized spacial score (nSPS) is 20.8. The lowest BCUT2D eigenvalue weighted by Crippen LogP contribution is -2.41. The summed E-state index contributed by atoms with van der Waals surface area (Å²) < 4.78 is 26.6. The number of sulfonamides is 1. The summed E-state index contributed by atoms with van der Waals surface area (Å²) in [7, 11) is -1.45. The molecule has 0 saturated carbocycles. The van der Waals surface area contributed by atoms with Crippen LogP contribution < -0.4 is 5.32 Å². The Bertz CT molecular complexity index is 533. The number of hydrogen-bond donors (Lipinski definition) is 1. The van der Waals surface area contributed by atoms with Gasteiger partial charge in [-0.1, -0.05) is 29.8 Å². The second-order valence-electron chi connectivity index (χ2n) is 4.81. The number of benzene rings is 1. The van der Waals surface area contributed by atoms with Crippen LogP contribution in [0.1, 0.15) is 18.4 Å². The standard InChI is InChI=1S/C13H19ClN2O2S/c1-15-9-12-6-4-8-16(12)19(17,18)10-11-5-2-3-7-13(11)14/h2-3,5,7,12,15H,4,6,8-10H2,1H3/t12-/m0/s1. The fourth-order valence-corrected chi connectivity index (χ4v) is 4.64. The second kappa shape index (κ2) is 6.22. The van der Waals surface area contributed by atoms with E-state index in [-0.39, 0.29) is 11.8 Å². The molecule has 0 radical (unpaired) electrons. The minimum absolute atomic E-state index is 0.0209. The second-order valence-corrected chi connectivity index (χ2v) is 7.14. The van der Waals surface area contributed by atoms with Gasteiger partial charge in [0.25, 0.3) is 0 Å². The van der Waals surface area contributed by atoms with Crippen LogP contribution in [0.3, 0.4) is 0 Å². The fourth-order valence-electron chi connectivity index (χ4n) is 2.51. The van der Waals surface area contributed by atoms with Gasteiger partial charge in [0.1, 0.15) is 0 Å². The molecular weight excluding hydrogens is 284 g/mol. The molecule has 1 N–H and O–H groups in total. The number of halogens is 1. The molecule has 0 amide bonds. The monoisotopic (exact) mass is 302 g/mol. The number of likely N-dealkylation sites (N-methyl/N-ethyl adjacent to an activating group) is 1. The molecule has 1 fully saturated rings. The summed E-state index contributed by atoms with van der Waals surface area (Å²) in [6, 6.07) is 7.17. The molecule has 0 aromatic heterocycles. The van der Waals surface area contributed by atoms with Crippen LogP contribution in [0.4, 0.5) is 0 Å². The third kappa shape index (κ3) is 3.48. The van der Waals surface area contributed by atoms with Crippen molar-refractivity contribution in [2.75, 3.05) is 20.1 Å². The number of nitrogens with one attached hydrogen (secondary N) is 1. The van der Waals surface area contributed by atoms with E-state index in [4.69, 9.17) is 11.6 Å². The molecule has 1 saturated heterocycles. The molecule has 4 nitrogen and oxygen atoms in total. The van der Waals surface area contributed by atoms with Crippen molar-refractivity contribution in [3.63, 3.8) is 0 Å². The average Bonchev–Trinajstić information content (AvgIpc) is 2.81. The van der Waals surface area contributed by atoms with Crippen LogP contribution in [0, 0.1) is 0 Å². The first kappa shape index (κ1) is 14.8. The van der Waals surface area contributed by atoms with Gasteiger partial charge in [-0.25, -0.2) is 8.42 Å². The van der Waals surface area contributed by atoms with Crippen LogP contribution in [0.15, 0.2) is 24.3 Å². The van der Waals surface area contributed by atoms with Gasteiger partial charge in [0.15, 0.2) is 0 Å². The van der Waals surface area contributed by atoms with E-state index in [1.807, 2.05) is 13.1 Å². The van der Waals surface area contributed by atoms with Crippen LogP contribution in [0.5, 0.6) is 0 Å². The molecule has 0 unspecified atom stereocenters. The summed E-state index contributed by atoms with van der Waals surface area (Å²) in [4.78, 5) is 0. The molecule has 1 heterocycles. The zero-order chi connectivity index (χ0) is 13.9. The summed E-state index contributed by atoms with van der Waals surface area (Å²) in [5, 5.41) is 3.56. The molecule has 6 heteroatoms. The molecule has 2 rings (SSSR count). The van der Waals surface area contributed by atoms with Gasteiger partial charge in [-0.2, -0.15) is 4.31 Å². The van der Waals surface area contributed by atoms with Crippen molar-refractivity contribution in [3.8, 4) is 0 Å². The Labute approximate surface area is 119 Å². The first-order valence-corrected chi connectivity index (χ1v) is 8.41. The molecular formula is C13H19ClN2O2S. The highest BCUT2D eigenvalue weighted by molar-refractivity contribution is 7.88. The van der Waals surface area contributed by atoms with Crippen molar-refractivity contribution in [2.45, 2.75) is 24.6 Å². The van der Waals surface area contributed by atoms with Gasteiger partial charge in [-0.15, -0.1) is 0 Å². The van der Waals surface area contributed by atoms with Crippen molar-refractivity contribution in [1.29, 1.82) is 0 Å². The van der Waals surface area contributed by atoms with E-state index in [9.17, 15) is 8.42 Å². The highest BCUT2D eigenvalue weighted by Crippen LogP contribution is 2.25. The predicted molar refractivity (Wildman–Crippen MR) is 77.7 cm³/mol. The third-order valence-electron chi connectivity index (χ3n) is 3.42. The Morgan fingerprint density at radius 1 is 1.42 bits per heavy atom. The first-order valence-electron chi connectivity index (χ1n) is 6.42. The van der Waals surface area contributed by atoms with Gasteiger partial charge in [0.2, 0.25) is 10.0 Å². The zero-order valence-electron chi connectivity index (χ0n) is 11.0. The Kier molecular flexibility index (Phi) is 4.84. The maximum Gasteiger partial charge on any atom is 0.218 e. The molecule has 1 aliphatic heterocycles. The largest absolute Gasteiger partial charge is 0.318 e. The average molecular weight is 303 g/mol. The van der Waals surface area contributed by atoms with Crippen LogP contribution in [0.2, 0.25) is 5.02 Å². The summed E-state index contributed by atoms with van der Waals surface area (Å²) >= 11 is 6.04. The quantitative estimate of drug-likeness (QED) is 0.903.